The van der Waals surface area contributed by atoms with Crippen LogP contribution in [0.1, 0.15) is 25.7 Å². The molecule has 1 aliphatic rings. The molecular weight excluding hydrogens is 206 g/mol. The molecular formula is C12H19NO3. The molecule has 1 fully saturated rings. The van der Waals surface area contributed by atoms with Gasteiger partial charge >= 0.3 is 0 Å². The summed E-state index contributed by atoms with van der Waals surface area (Å²) in [4.78, 5) is 13.5. The van der Waals surface area contributed by atoms with Crippen molar-refractivity contribution in [1.29, 1.82) is 0 Å². The number of rotatable bonds is 5. The third-order valence-electron chi connectivity index (χ3n) is 2.72. The Morgan fingerprint density at radius 2 is 2.19 bits per heavy atom. The fourth-order valence-corrected chi connectivity index (χ4v) is 1.83. The van der Waals surface area contributed by atoms with Crippen molar-refractivity contribution >= 4 is 5.91 Å². The Morgan fingerprint density at radius 3 is 2.75 bits per heavy atom. The van der Waals surface area contributed by atoms with Gasteiger partial charge in [-0.3, -0.25) is 4.79 Å². The number of amides is 1. The lowest BCUT2D eigenvalue weighted by molar-refractivity contribution is -0.133. The largest absolute Gasteiger partial charge is 0.394 e. The SMILES string of the molecule is C#CCCC(=O)N1CCC(OCCO)CC1. The number of nitrogens with zero attached hydrogens (tertiary/aromatic N) is 1. The monoisotopic (exact) mass is 225 g/mol. The summed E-state index contributed by atoms with van der Waals surface area (Å²) in [6.07, 6.45) is 7.96. The molecule has 0 atom stereocenters. The summed E-state index contributed by atoms with van der Waals surface area (Å²) in [6, 6.07) is 0. The van der Waals surface area contributed by atoms with Crippen LogP contribution in [0.2, 0.25) is 0 Å². The molecule has 16 heavy (non-hydrogen) atoms. The first-order valence-electron chi connectivity index (χ1n) is 5.71. The number of carbonyl (C=O) groups excluding carboxylic acids is 1. The van der Waals surface area contributed by atoms with E-state index in [1.807, 2.05) is 4.90 Å². The van der Waals surface area contributed by atoms with E-state index in [1.54, 1.807) is 0 Å². The maximum atomic E-state index is 11.6. The Morgan fingerprint density at radius 1 is 1.50 bits per heavy atom. The zero-order valence-electron chi connectivity index (χ0n) is 9.52. The molecule has 1 aliphatic heterocycles. The van der Waals surface area contributed by atoms with Crippen LogP contribution in [0.15, 0.2) is 0 Å². The van der Waals surface area contributed by atoms with Gasteiger partial charge in [0.1, 0.15) is 0 Å². The molecule has 0 aromatic rings. The molecule has 1 saturated heterocycles. The number of carbonyl (C=O) groups is 1. The number of aliphatic hydroxyl groups is 1. The lowest BCUT2D eigenvalue weighted by Crippen LogP contribution is -2.41. The summed E-state index contributed by atoms with van der Waals surface area (Å²) in [5.74, 6) is 2.61. The van der Waals surface area contributed by atoms with Gasteiger partial charge in [-0.25, -0.2) is 0 Å². The third-order valence-corrected chi connectivity index (χ3v) is 2.72. The van der Waals surface area contributed by atoms with Crippen LogP contribution in [0.4, 0.5) is 0 Å². The van der Waals surface area contributed by atoms with Crippen molar-refractivity contribution in [3.05, 3.63) is 0 Å². The second-order valence-electron chi connectivity index (χ2n) is 3.88. The van der Waals surface area contributed by atoms with Crippen LogP contribution in [0, 0.1) is 12.3 Å². The average molecular weight is 225 g/mol. The van der Waals surface area contributed by atoms with Crippen molar-refractivity contribution in [2.45, 2.75) is 31.8 Å². The highest BCUT2D eigenvalue weighted by Crippen LogP contribution is 2.14. The van der Waals surface area contributed by atoms with Crippen LogP contribution in [0.25, 0.3) is 0 Å². The fourth-order valence-electron chi connectivity index (χ4n) is 1.83. The summed E-state index contributed by atoms with van der Waals surface area (Å²) < 4.78 is 5.42. The van der Waals surface area contributed by atoms with Crippen LogP contribution in [0.3, 0.4) is 0 Å². The summed E-state index contributed by atoms with van der Waals surface area (Å²) in [7, 11) is 0. The first kappa shape index (κ1) is 13.0. The van der Waals surface area contributed by atoms with E-state index in [0.29, 0.717) is 19.4 Å². The number of aliphatic hydroxyl groups excluding tert-OH is 1. The standard InChI is InChI=1S/C12H19NO3/c1-2-3-4-12(15)13-7-5-11(6-8-13)16-10-9-14/h1,11,14H,3-10H2. The van der Waals surface area contributed by atoms with Crippen LogP contribution in [0.5, 0.6) is 0 Å². The number of terminal acetylenes is 1. The molecule has 0 unspecified atom stereocenters. The number of likely N-dealkylation sites (tertiary alicyclic amines) is 1. The lowest BCUT2D eigenvalue weighted by Gasteiger charge is -2.31. The summed E-state index contributed by atoms with van der Waals surface area (Å²) >= 11 is 0. The van der Waals surface area contributed by atoms with Gasteiger partial charge in [0.05, 0.1) is 19.3 Å². The first-order valence-corrected chi connectivity index (χ1v) is 5.71. The van der Waals surface area contributed by atoms with Gasteiger partial charge in [0.2, 0.25) is 5.91 Å². The zero-order chi connectivity index (χ0) is 11.8. The second kappa shape index (κ2) is 7.26. The maximum absolute atomic E-state index is 11.6. The quantitative estimate of drug-likeness (QED) is 0.689. The molecule has 0 spiro atoms. The molecule has 4 heteroatoms. The van der Waals surface area contributed by atoms with Gasteiger partial charge in [-0.2, -0.15) is 0 Å². The molecule has 0 aliphatic carbocycles. The van der Waals surface area contributed by atoms with E-state index in [2.05, 4.69) is 5.92 Å². The molecule has 0 saturated carbocycles. The molecule has 1 heterocycles. The normalized spacial score (nSPS) is 17.1. The van der Waals surface area contributed by atoms with Gasteiger partial charge < -0.3 is 14.7 Å². The van der Waals surface area contributed by atoms with Crippen LogP contribution in [-0.4, -0.2) is 48.3 Å². The van der Waals surface area contributed by atoms with Crippen molar-refractivity contribution in [1.82, 2.24) is 4.90 Å². The Bertz CT molecular complexity index is 251. The number of hydrogen-bond donors (Lipinski definition) is 1. The smallest absolute Gasteiger partial charge is 0.223 e. The molecule has 90 valence electrons. The Balaban J connectivity index is 2.21. The summed E-state index contributed by atoms with van der Waals surface area (Å²) in [5, 5.41) is 8.63. The van der Waals surface area contributed by atoms with E-state index in [1.165, 1.54) is 0 Å². The fraction of sp³-hybridized carbons (Fsp3) is 0.750. The molecule has 0 aromatic heterocycles. The van der Waals surface area contributed by atoms with E-state index in [9.17, 15) is 4.79 Å². The number of hydrogen-bond acceptors (Lipinski definition) is 3. The van der Waals surface area contributed by atoms with E-state index in [0.717, 1.165) is 25.9 Å². The number of ether oxygens (including phenoxy) is 1. The van der Waals surface area contributed by atoms with Crippen molar-refractivity contribution in [2.75, 3.05) is 26.3 Å². The highest BCUT2D eigenvalue weighted by atomic mass is 16.5. The molecule has 0 radical (unpaired) electrons. The lowest BCUT2D eigenvalue weighted by atomic mass is 10.1. The Labute approximate surface area is 96.6 Å². The molecule has 0 aromatic carbocycles. The first-order chi connectivity index (χ1) is 7.77. The molecule has 4 nitrogen and oxygen atoms in total. The van der Waals surface area contributed by atoms with Crippen LogP contribution < -0.4 is 0 Å². The van der Waals surface area contributed by atoms with E-state index in [4.69, 9.17) is 16.3 Å². The van der Waals surface area contributed by atoms with E-state index in [-0.39, 0.29) is 18.6 Å². The topological polar surface area (TPSA) is 49.8 Å². The highest BCUT2D eigenvalue weighted by molar-refractivity contribution is 5.76. The van der Waals surface area contributed by atoms with Crippen molar-refractivity contribution < 1.29 is 14.6 Å². The van der Waals surface area contributed by atoms with Gasteiger partial charge in [-0.15, -0.1) is 12.3 Å². The molecule has 1 rings (SSSR count). The second-order valence-corrected chi connectivity index (χ2v) is 3.88. The van der Waals surface area contributed by atoms with E-state index < -0.39 is 0 Å². The Hall–Kier alpha value is -1.05. The minimum atomic E-state index is 0.0569. The predicted molar refractivity (Wildman–Crippen MR) is 60.7 cm³/mol. The van der Waals surface area contributed by atoms with Gasteiger partial charge in [-0.05, 0) is 12.8 Å². The highest BCUT2D eigenvalue weighted by Gasteiger charge is 2.22. The van der Waals surface area contributed by atoms with Crippen LogP contribution in [-0.2, 0) is 9.53 Å². The van der Waals surface area contributed by atoms with E-state index >= 15 is 0 Å². The average Bonchev–Trinajstić information content (AvgIpc) is 2.34. The predicted octanol–water partition coefficient (Wildman–Crippen LogP) is 0.400. The molecule has 1 N–H and O–H groups in total. The van der Waals surface area contributed by atoms with Crippen molar-refractivity contribution in [3.63, 3.8) is 0 Å². The van der Waals surface area contributed by atoms with Gasteiger partial charge in [0.15, 0.2) is 0 Å². The third kappa shape index (κ3) is 4.21. The minimum absolute atomic E-state index is 0.0569. The minimum Gasteiger partial charge on any atom is -0.394 e. The van der Waals surface area contributed by atoms with Crippen LogP contribution >= 0.6 is 0 Å². The van der Waals surface area contributed by atoms with Gasteiger partial charge in [0.25, 0.3) is 0 Å². The van der Waals surface area contributed by atoms with Gasteiger partial charge in [-0.1, -0.05) is 0 Å². The number of piperidine rings is 1. The Kier molecular flexibility index (Phi) is 5.91. The molecule has 1 amide bonds. The molecule has 0 bridgehead atoms. The summed E-state index contributed by atoms with van der Waals surface area (Å²) in [5.41, 5.74) is 0. The van der Waals surface area contributed by atoms with Crippen molar-refractivity contribution in [3.8, 4) is 12.3 Å². The zero-order valence-corrected chi connectivity index (χ0v) is 9.52. The van der Waals surface area contributed by atoms with Gasteiger partial charge in [0, 0.05) is 25.9 Å². The maximum Gasteiger partial charge on any atom is 0.223 e. The van der Waals surface area contributed by atoms with Crippen molar-refractivity contribution in [2.24, 2.45) is 0 Å². The summed E-state index contributed by atoms with van der Waals surface area (Å²) in [6.45, 7) is 1.91.